The van der Waals surface area contributed by atoms with Gasteiger partial charge >= 0.3 is 0 Å². The van der Waals surface area contributed by atoms with Crippen molar-refractivity contribution in [3.63, 3.8) is 0 Å². The van der Waals surface area contributed by atoms with E-state index in [2.05, 4.69) is 0 Å². The molecule has 0 spiro atoms. The largest absolute Gasteiger partial charge is 0.497 e. The van der Waals surface area contributed by atoms with Crippen LogP contribution in [0, 0.1) is 0 Å². The average molecular weight is 182 g/mol. The highest BCUT2D eigenvalue weighted by atomic mass is 16.5. The topological polar surface area (TPSA) is 35.5 Å². The van der Waals surface area contributed by atoms with Gasteiger partial charge in [-0.1, -0.05) is 5.57 Å². The van der Waals surface area contributed by atoms with Crippen molar-refractivity contribution in [3.8, 4) is 0 Å². The van der Waals surface area contributed by atoms with Gasteiger partial charge in [-0.2, -0.15) is 0 Å². The van der Waals surface area contributed by atoms with E-state index in [4.69, 9.17) is 9.47 Å². The number of hydrogen-bond acceptors (Lipinski definition) is 3. The summed E-state index contributed by atoms with van der Waals surface area (Å²) in [7, 11) is 3.10. The fourth-order valence-corrected chi connectivity index (χ4v) is 1.44. The highest BCUT2D eigenvalue weighted by Gasteiger charge is 2.30. The molecule has 0 saturated heterocycles. The maximum Gasteiger partial charge on any atom is 0.156 e. The fourth-order valence-electron chi connectivity index (χ4n) is 1.44. The van der Waals surface area contributed by atoms with Gasteiger partial charge in [0, 0.05) is 13.5 Å². The molecule has 0 N–H and O–H groups in total. The van der Waals surface area contributed by atoms with Gasteiger partial charge in [0.05, 0.1) is 7.11 Å². The van der Waals surface area contributed by atoms with Gasteiger partial charge in [0.1, 0.15) is 11.4 Å². The number of rotatable bonds is 3. The molecular formula is C10H14O3. The molecule has 0 bridgehead atoms. The molecule has 0 aromatic rings. The van der Waals surface area contributed by atoms with Gasteiger partial charge in [-0.15, -0.1) is 0 Å². The van der Waals surface area contributed by atoms with Gasteiger partial charge < -0.3 is 9.47 Å². The first-order chi connectivity index (χ1) is 6.15. The zero-order valence-corrected chi connectivity index (χ0v) is 8.16. The summed E-state index contributed by atoms with van der Waals surface area (Å²) in [5.74, 6) is 0.678. The quantitative estimate of drug-likeness (QED) is 0.620. The molecule has 0 saturated carbocycles. The van der Waals surface area contributed by atoms with E-state index in [1.165, 1.54) is 7.11 Å². The van der Waals surface area contributed by atoms with Crippen LogP contribution in [0.5, 0.6) is 0 Å². The van der Waals surface area contributed by atoms with Crippen LogP contribution in [0.25, 0.3) is 0 Å². The Morgan fingerprint density at radius 1 is 1.54 bits per heavy atom. The van der Waals surface area contributed by atoms with Crippen LogP contribution in [0.3, 0.4) is 0 Å². The molecular weight excluding hydrogens is 168 g/mol. The molecule has 0 aromatic carbocycles. The van der Waals surface area contributed by atoms with Gasteiger partial charge in [-0.25, -0.2) is 0 Å². The van der Waals surface area contributed by atoms with Crippen molar-refractivity contribution in [1.29, 1.82) is 0 Å². The first-order valence-electron chi connectivity index (χ1n) is 4.11. The van der Waals surface area contributed by atoms with Crippen molar-refractivity contribution in [3.05, 3.63) is 23.5 Å². The SMILES string of the molecule is COC1=CC(C=O)(OC)CC(C)=C1. The number of carbonyl (C=O) groups is 1. The second-order valence-corrected chi connectivity index (χ2v) is 3.20. The lowest BCUT2D eigenvalue weighted by atomic mass is 9.91. The zero-order valence-electron chi connectivity index (χ0n) is 8.16. The van der Waals surface area contributed by atoms with E-state index >= 15 is 0 Å². The van der Waals surface area contributed by atoms with Crippen LogP contribution in [0.1, 0.15) is 13.3 Å². The standard InChI is InChI=1S/C10H14O3/c1-8-4-9(12-2)6-10(5-8,7-11)13-3/h4,6-7H,5H2,1-3H3. The highest BCUT2D eigenvalue weighted by molar-refractivity contribution is 5.68. The summed E-state index contributed by atoms with van der Waals surface area (Å²) in [6.45, 7) is 1.95. The van der Waals surface area contributed by atoms with Gasteiger partial charge in [0.15, 0.2) is 6.29 Å². The second-order valence-electron chi connectivity index (χ2n) is 3.20. The van der Waals surface area contributed by atoms with Crippen molar-refractivity contribution in [2.45, 2.75) is 18.9 Å². The van der Waals surface area contributed by atoms with Crippen molar-refractivity contribution in [2.75, 3.05) is 14.2 Å². The minimum atomic E-state index is -0.829. The molecule has 1 aliphatic rings. The van der Waals surface area contributed by atoms with Gasteiger partial charge in [-0.05, 0) is 19.1 Å². The Balaban J connectivity index is 2.99. The minimum Gasteiger partial charge on any atom is -0.497 e. The Kier molecular flexibility index (Phi) is 2.88. The van der Waals surface area contributed by atoms with E-state index in [1.807, 2.05) is 13.0 Å². The predicted molar refractivity (Wildman–Crippen MR) is 49.3 cm³/mol. The van der Waals surface area contributed by atoms with Crippen LogP contribution in [0.2, 0.25) is 0 Å². The first kappa shape index (κ1) is 9.99. The molecule has 0 aliphatic heterocycles. The summed E-state index contributed by atoms with van der Waals surface area (Å²) in [5, 5.41) is 0. The third-order valence-electron chi connectivity index (χ3n) is 2.15. The molecule has 13 heavy (non-hydrogen) atoms. The molecule has 1 aliphatic carbocycles. The lowest BCUT2D eigenvalue weighted by molar-refractivity contribution is -0.122. The maximum absolute atomic E-state index is 10.9. The molecule has 1 unspecified atom stereocenters. The Labute approximate surface area is 78.0 Å². The van der Waals surface area contributed by atoms with Crippen molar-refractivity contribution < 1.29 is 14.3 Å². The van der Waals surface area contributed by atoms with Crippen LogP contribution in [-0.4, -0.2) is 26.1 Å². The molecule has 72 valence electrons. The Bertz CT molecular complexity index is 265. The van der Waals surface area contributed by atoms with E-state index in [0.29, 0.717) is 12.2 Å². The molecule has 1 rings (SSSR count). The van der Waals surface area contributed by atoms with Gasteiger partial charge in [0.25, 0.3) is 0 Å². The first-order valence-corrected chi connectivity index (χ1v) is 4.11. The Morgan fingerprint density at radius 2 is 2.23 bits per heavy atom. The number of aldehydes is 1. The molecule has 0 aromatic heterocycles. The van der Waals surface area contributed by atoms with E-state index < -0.39 is 5.60 Å². The number of methoxy groups -OCH3 is 2. The molecule has 3 heteroatoms. The lowest BCUT2D eigenvalue weighted by Gasteiger charge is -2.27. The molecule has 0 amide bonds. The van der Waals surface area contributed by atoms with E-state index in [-0.39, 0.29) is 0 Å². The number of hydrogen-bond donors (Lipinski definition) is 0. The molecule has 0 heterocycles. The summed E-state index contributed by atoms with van der Waals surface area (Å²) >= 11 is 0. The van der Waals surface area contributed by atoms with E-state index in [9.17, 15) is 4.79 Å². The van der Waals surface area contributed by atoms with Crippen molar-refractivity contribution >= 4 is 6.29 Å². The molecule has 3 nitrogen and oxygen atoms in total. The van der Waals surface area contributed by atoms with Crippen molar-refractivity contribution in [1.82, 2.24) is 0 Å². The third kappa shape index (κ3) is 1.98. The fraction of sp³-hybridized carbons (Fsp3) is 0.500. The summed E-state index contributed by atoms with van der Waals surface area (Å²) in [6.07, 6.45) is 5.01. The van der Waals surface area contributed by atoms with Gasteiger partial charge in [-0.3, -0.25) is 4.79 Å². The smallest absolute Gasteiger partial charge is 0.156 e. The summed E-state index contributed by atoms with van der Waals surface area (Å²) in [4.78, 5) is 10.9. The molecule has 0 radical (unpaired) electrons. The van der Waals surface area contributed by atoms with Crippen LogP contribution >= 0.6 is 0 Å². The van der Waals surface area contributed by atoms with Crippen LogP contribution in [0.4, 0.5) is 0 Å². The van der Waals surface area contributed by atoms with Gasteiger partial charge in [0.2, 0.25) is 0 Å². The summed E-state index contributed by atoms with van der Waals surface area (Å²) < 4.78 is 10.2. The van der Waals surface area contributed by atoms with Crippen LogP contribution < -0.4 is 0 Å². The monoisotopic (exact) mass is 182 g/mol. The maximum atomic E-state index is 10.9. The summed E-state index contributed by atoms with van der Waals surface area (Å²) in [5.41, 5.74) is 0.248. The van der Waals surface area contributed by atoms with Crippen LogP contribution in [0.15, 0.2) is 23.5 Å². The van der Waals surface area contributed by atoms with Crippen molar-refractivity contribution in [2.24, 2.45) is 0 Å². The minimum absolute atomic E-state index is 0.597. The van der Waals surface area contributed by atoms with Crippen LogP contribution in [-0.2, 0) is 14.3 Å². The summed E-state index contributed by atoms with van der Waals surface area (Å²) in [6, 6.07) is 0. The lowest BCUT2D eigenvalue weighted by Crippen LogP contribution is -2.33. The third-order valence-corrected chi connectivity index (χ3v) is 2.15. The van der Waals surface area contributed by atoms with E-state index in [0.717, 1.165) is 11.9 Å². The zero-order chi connectivity index (χ0) is 9.90. The number of ether oxygens (including phenoxy) is 2. The van der Waals surface area contributed by atoms with E-state index in [1.54, 1.807) is 13.2 Å². The second kappa shape index (κ2) is 3.75. The normalized spacial score (nSPS) is 27.6. The number of carbonyl (C=O) groups excluding carboxylic acids is 1. The highest BCUT2D eigenvalue weighted by Crippen LogP contribution is 2.27. The number of allylic oxidation sites excluding steroid dienone is 1. The Hall–Kier alpha value is -1.09. The molecule has 0 fully saturated rings. The predicted octanol–water partition coefficient (Wildman–Crippen LogP) is 1.45. The Morgan fingerprint density at radius 3 is 2.69 bits per heavy atom. The molecule has 1 atom stereocenters. The average Bonchev–Trinajstić information content (AvgIpc) is 2.16.